The summed E-state index contributed by atoms with van der Waals surface area (Å²) in [5.41, 5.74) is 2.05. The van der Waals surface area contributed by atoms with Crippen molar-refractivity contribution in [3.8, 4) is 5.69 Å². The van der Waals surface area contributed by atoms with Crippen LogP contribution in [0.3, 0.4) is 0 Å². The van der Waals surface area contributed by atoms with Crippen LogP contribution in [0.15, 0.2) is 82.4 Å². The van der Waals surface area contributed by atoms with Crippen molar-refractivity contribution in [3.63, 3.8) is 0 Å². The number of amides is 2. The molecule has 0 atom stereocenters. The molecular weight excluding hydrogens is 480 g/mol. The summed E-state index contributed by atoms with van der Waals surface area (Å²) >= 11 is 0. The first-order valence-electron chi connectivity index (χ1n) is 12.7. The number of carbonyl (C=O) groups is 2. The van der Waals surface area contributed by atoms with Gasteiger partial charge < -0.3 is 10.6 Å². The molecule has 8 heteroatoms. The van der Waals surface area contributed by atoms with Crippen LogP contribution in [-0.4, -0.2) is 27.5 Å². The van der Waals surface area contributed by atoms with Crippen LogP contribution < -0.4 is 21.9 Å². The van der Waals surface area contributed by atoms with Crippen LogP contribution in [-0.2, 0) is 22.6 Å². The summed E-state index contributed by atoms with van der Waals surface area (Å²) < 4.78 is 2.37. The summed E-state index contributed by atoms with van der Waals surface area (Å²) in [6, 6.07) is 20.9. The summed E-state index contributed by atoms with van der Waals surface area (Å²) in [7, 11) is 0. The van der Waals surface area contributed by atoms with Gasteiger partial charge in [0.2, 0.25) is 11.8 Å². The maximum Gasteiger partial charge on any atom is 0.336 e. The number of aromatic nitrogens is 2. The zero-order chi connectivity index (χ0) is 27.2. The third-order valence-corrected chi connectivity index (χ3v) is 6.26. The normalized spacial score (nSPS) is 11.1. The van der Waals surface area contributed by atoms with Crippen molar-refractivity contribution in [2.75, 3.05) is 11.9 Å². The van der Waals surface area contributed by atoms with E-state index >= 15 is 0 Å². The molecule has 0 fully saturated rings. The Morgan fingerprint density at radius 2 is 1.63 bits per heavy atom. The van der Waals surface area contributed by atoms with Crippen molar-refractivity contribution >= 4 is 28.4 Å². The predicted octanol–water partition coefficient (Wildman–Crippen LogP) is 3.80. The lowest BCUT2D eigenvalue weighted by atomic mass is 10.1. The molecule has 2 amide bonds. The maximum absolute atomic E-state index is 13.6. The molecule has 196 valence electrons. The highest BCUT2D eigenvalue weighted by Gasteiger charge is 2.17. The van der Waals surface area contributed by atoms with Crippen LogP contribution in [0.5, 0.6) is 0 Å². The monoisotopic (exact) mass is 512 g/mol. The quantitative estimate of drug-likeness (QED) is 0.356. The number of carbonyl (C=O) groups excluding carboxylic acids is 2. The molecule has 2 N–H and O–H groups in total. The fourth-order valence-electron chi connectivity index (χ4n) is 4.28. The molecule has 0 bridgehead atoms. The van der Waals surface area contributed by atoms with Crippen LogP contribution in [0.2, 0.25) is 0 Å². The van der Waals surface area contributed by atoms with E-state index in [4.69, 9.17) is 0 Å². The van der Waals surface area contributed by atoms with Gasteiger partial charge in [-0.3, -0.25) is 19.0 Å². The number of anilines is 1. The van der Waals surface area contributed by atoms with Crippen LogP contribution in [0.4, 0.5) is 5.69 Å². The number of aryl methyl sites for hydroxylation is 1. The van der Waals surface area contributed by atoms with E-state index < -0.39 is 11.2 Å². The summed E-state index contributed by atoms with van der Waals surface area (Å²) in [6.07, 6.45) is 1.11. The van der Waals surface area contributed by atoms with Crippen molar-refractivity contribution in [2.24, 2.45) is 5.92 Å². The van der Waals surface area contributed by atoms with Gasteiger partial charge in [0.05, 0.1) is 23.0 Å². The van der Waals surface area contributed by atoms with Crippen molar-refractivity contribution < 1.29 is 9.59 Å². The summed E-state index contributed by atoms with van der Waals surface area (Å²) in [5.74, 6) is 0.0441. The van der Waals surface area contributed by atoms with Crippen molar-refractivity contribution in [1.82, 2.24) is 14.5 Å². The second-order valence-electron chi connectivity index (χ2n) is 9.82. The van der Waals surface area contributed by atoms with Gasteiger partial charge in [-0.2, -0.15) is 0 Å². The van der Waals surface area contributed by atoms with Crippen LogP contribution >= 0.6 is 0 Å². The lowest BCUT2D eigenvalue weighted by Gasteiger charge is -2.15. The van der Waals surface area contributed by atoms with Gasteiger partial charge in [0.1, 0.15) is 6.54 Å². The third-order valence-electron chi connectivity index (χ3n) is 6.26. The highest BCUT2D eigenvalue weighted by atomic mass is 16.2. The van der Waals surface area contributed by atoms with Gasteiger partial charge in [-0.15, -0.1) is 0 Å². The van der Waals surface area contributed by atoms with Gasteiger partial charge in [-0.1, -0.05) is 50.2 Å². The van der Waals surface area contributed by atoms with E-state index in [0.717, 1.165) is 22.1 Å². The highest BCUT2D eigenvalue weighted by molar-refractivity contribution is 5.91. The molecule has 0 spiro atoms. The van der Waals surface area contributed by atoms with E-state index in [0.29, 0.717) is 34.7 Å². The first-order valence-corrected chi connectivity index (χ1v) is 12.7. The van der Waals surface area contributed by atoms with E-state index in [2.05, 4.69) is 24.5 Å². The second-order valence-corrected chi connectivity index (χ2v) is 9.82. The first-order chi connectivity index (χ1) is 18.2. The first kappa shape index (κ1) is 26.6. The van der Waals surface area contributed by atoms with Crippen molar-refractivity contribution in [2.45, 2.75) is 40.2 Å². The number of benzene rings is 3. The number of hydrogen-bond donors (Lipinski definition) is 2. The van der Waals surface area contributed by atoms with Crippen LogP contribution in [0, 0.1) is 12.8 Å². The Balaban J connectivity index is 1.63. The number of rotatable bonds is 9. The zero-order valence-electron chi connectivity index (χ0n) is 21.9. The molecule has 38 heavy (non-hydrogen) atoms. The smallest absolute Gasteiger partial charge is 0.336 e. The molecule has 0 aliphatic carbocycles. The largest absolute Gasteiger partial charge is 0.356 e. The Morgan fingerprint density at radius 3 is 2.34 bits per heavy atom. The summed E-state index contributed by atoms with van der Waals surface area (Å²) in [5, 5.41) is 6.05. The average molecular weight is 513 g/mol. The standard InChI is InChI=1S/C30H32N4O4/c1-20(2)15-16-31-27(35)18-22-11-13-24(14-12-22)34-29(37)25-9-4-5-10-26(25)33(30(34)38)19-28(36)32-23-8-6-7-21(3)17-23/h4-14,17,20H,15-16,18-19H2,1-3H3,(H,31,35)(H,32,36). The SMILES string of the molecule is Cc1cccc(NC(=O)Cn2c(=O)n(-c3ccc(CC(=O)NCCC(C)C)cc3)c(=O)c3ccccc32)c1. The predicted molar refractivity (Wildman–Crippen MR) is 150 cm³/mol. The molecule has 0 saturated carbocycles. The molecular formula is C30H32N4O4. The molecule has 4 aromatic rings. The number of nitrogens with one attached hydrogen (secondary N) is 2. The lowest BCUT2D eigenvalue weighted by molar-refractivity contribution is -0.120. The molecule has 0 aliphatic rings. The van der Waals surface area contributed by atoms with Crippen molar-refractivity contribution in [1.29, 1.82) is 0 Å². The molecule has 0 aliphatic heterocycles. The average Bonchev–Trinajstić information content (AvgIpc) is 2.87. The zero-order valence-corrected chi connectivity index (χ0v) is 21.9. The van der Waals surface area contributed by atoms with Gasteiger partial charge in [0.25, 0.3) is 5.56 Å². The minimum atomic E-state index is -0.618. The minimum Gasteiger partial charge on any atom is -0.356 e. The lowest BCUT2D eigenvalue weighted by Crippen LogP contribution is -2.40. The number of hydrogen-bond acceptors (Lipinski definition) is 4. The molecule has 4 rings (SSSR count). The van der Waals surface area contributed by atoms with Gasteiger partial charge in [-0.25, -0.2) is 9.36 Å². The molecule has 1 aromatic heterocycles. The molecule has 3 aromatic carbocycles. The highest BCUT2D eigenvalue weighted by Crippen LogP contribution is 2.13. The Hall–Kier alpha value is -4.46. The van der Waals surface area contributed by atoms with Gasteiger partial charge in [0.15, 0.2) is 0 Å². The summed E-state index contributed by atoms with van der Waals surface area (Å²) in [6.45, 7) is 6.49. The van der Waals surface area contributed by atoms with Crippen molar-refractivity contribution in [3.05, 3.63) is 105 Å². The van der Waals surface area contributed by atoms with Crippen LogP contribution in [0.1, 0.15) is 31.4 Å². The summed E-state index contributed by atoms with van der Waals surface area (Å²) in [4.78, 5) is 52.0. The van der Waals surface area contributed by atoms with E-state index in [1.54, 1.807) is 54.6 Å². The van der Waals surface area contributed by atoms with Gasteiger partial charge >= 0.3 is 5.69 Å². The Morgan fingerprint density at radius 1 is 0.895 bits per heavy atom. The Labute approximate surface area is 220 Å². The minimum absolute atomic E-state index is 0.0803. The fraction of sp³-hybridized carbons (Fsp3) is 0.267. The number of fused-ring (bicyclic) bond motifs is 1. The van der Waals surface area contributed by atoms with Gasteiger partial charge in [0, 0.05) is 12.2 Å². The molecule has 1 heterocycles. The van der Waals surface area contributed by atoms with E-state index in [9.17, 15) is 19.2 Å². The number of para-hydroxylation sites is 1. The van der Waals surface area contributed by atoms with E-state index in [-0.39, 0.29) is 24.8 Å². The topological polar surface area (TPSA) is 102 Å². The molecule has 0 saturated heterocycles. The molecule has 8 nitrogen and oxygen atoms in total. The van der Waals surface area contributed by atoms with E-state index in [1.807, 2.05) is 25.1 Å². The van der Waals surface area contributed by atoms with Crippen LogP contribution in [0.25, 0.3) is 16.6 Å². The Bertz CT molecular complexity index is 1580. The third kappa shape index (κ3) is 6.26. The molecule has 0 unspecified atom stereocenters. The number of nitrogens with zero attached hydrogens (tertiary/aromatic N) is 2. The molecule has 0 radical (unpaired) electrons. The second kappa shape index (κ2) is 11.7. The maximum atomic E-state index is 13.6. The fourth-order valence-corrected chi connectivity index (χ4v) is 4.28. The van der Waals surface area contributed by atoms with Gasteiger partial charge in [-0.05, 0) is 66.8 Å². The Kier molecular flexibility index (Phi) is 8.21. The van der Waals surface area contributed by atoms with E-state index in [1.165, 1.54) is 4.57 Å².